The maximum Gasteiger partial charge on any atom is 0.255 e. The minimum Gasteiger partial charge on any atom is -0.486 e. The molecule has 23 heavy (non-hydrogen) atoms. The number of aliphatic hydroxyl groups is 1. The summed E-state index contributed by atoms with van der Waals surface area (Å²) in [6.07, 6.45) is 0. The summed E-state index contributed by atoms with van der Waals surface area (Å²) in [5.74, 6) is 0.279. The highest BCUT2D eigenvalue weighted by Crippen LogP contribution is 2.20. The lowest BCUT2D eigenvalue weighted by Gasteiger charge is -2.27. The molecule has 1 amide bonds. The molecule has 5 nitrogen and oxygen atoms in total. The largest absolute Gasteiger partial charge is 0.486 e. The van der Waals surface area contributed by atoms with Crippen molar-refractivity contribution in [3.05, 3.63) is 46.4 Å². The van der Waals surface area contributed by atoms with Gasteiger partial charge in [0.1, 0.15) is 12.4 Å². The molecule has 0 fully saturated rings. The number of thiazole rings is 1. The molecule has 0 saturated heterocycles. The van der Waals surface area contributed by atoms with E-state index in [-0.39, 0.29) is 18.4 Å². The van der Waals surface area contributed by atoms with Crippen LogP contribution in [0.4, 0.5) is 0 Å². The molecule has 1 heterocycles. The van der Waals surface area contributed by atoms with Gasteiger partial charge in [-0.25, -0.2) is 4.98 Å². The van der Waals surface area contributed by atoms with Gasteiger partial charge in [0.25, 0.3) is 5.91 Å². The van der Waals surface area contributed by atoms with Crippen molar-refractivity contribution in [3.8, 4) is 5.75 Å². The van der Waals surface area contributed by atoms with Crippen LogP contribution in [0.1, 0.15) is 36.8 Å². The normalized spacial score (nSPS) is 13.6. The standard InChI is InChI=1S/C17H22N2O3S/c1-12(2)17(3,21)10-18-16(20)14-6-4-5-7-15(14)22-8-13-9-23-11-19-13/h4-7,9,11-12,21H,8,10H2,1-3H3,(H,18,20). The summed E-state index contributed by atoms with van der Waals surface area (Å²) < 4.78 is 5.70. The monoisotopic (exact) mass is 334 g/mol. The van der Waals surface area contributed by atoms with Crippen LogP contribution < -0.4 is 10.1 Å². The number of hydrogen-bond donors (Lipinski definition) is 2. The molecule has 0 aliphatic heterocycles. The number of ether oxygens (including phenoxy) is 1. The molecule has 0 radical (unpaired) electrons. The van der Waals surface area contributed by atoms with E-state index in [0.717, 1.165) is 5.69 Å². The first-order chi connectivity index (χ1) is 10.9. The van der Waals surface area contributed by atoms with E-state index >= 15 is 0 Å². The minimum atomic E-state index is -0.952. The van der Waals surface area contributed by atoms with Crippen LogP contribution in [-0.4, -0.2) is 28.1 Å². The third-order valence-electron chi connectivity index (χ3n) is 3.84. The molecule has 1 atom stereocenters. The third-order valence-corrected chi connectivity index (χ3v) is 4.48. The highest BCUT2D eigenvalue weighted by molar-refractivity contribution is 7.07. The summed E-state index contributed by atoms with van der Waals surface area (Å²) in [5, 5.41) is 14.9. The summed E-state index contributed by atoms with van der Waals surface area (Å²) >= 11 is 1.50. The maximum atomic E-state index is 12.4. The average molecular weight is 334 g/mol. The number of hydrogen-bond acceptors (Lipinski definition) is 5. The molecule has 6 heteroatoms. The first-order valence-corrected chi connectivity index (χ1v) is 8.44. The van der Waals surface area contributed by atoms with Crippen molar-refractivity contribution in [3.63, 3.8) is 0 Å². The van der Waals surface area contributed by atoms with E-state index in [1.165, 1.54) is 11.3 Å². The first kappa shape index (κ1) is 17.4. The summed E-state index contributed by atoms with van der Waals surface area (Å²) in [5.41, 5.74) is 2.06. The molecule has 0 bridgehead atoms. The molecule has 124 valence electrons. The number of para-hydroxylation sites is 1. The number of carbonyl (C=O) groups excluding carboxylic acids is 1. The van der Waals surface area contributed by atoms with Crippen molar-refractivity contribution >= 4 is 17.2 Å². The quantitative estimate of drug-likeness (QED) is 0.817. The fourth-order valence-electron chi connectivity index (χ4n) is 1.80. The Morgan fingerprint density at radius 3 is 2.83 bits per heavy atom. The van der Waals surface area contributed by atoms with Gasteiger partial charge in [0.2, 0.25) is 0 Å². The van der Waals surface area contributed by atoms with E-state index in [1.54, 1.807) is 30.6 Å². The van der Waals surface area contributed by atoms with Gasteiger partial charge in [-0.1, -0.05) is 26.0 Å². The second kappa shape index (κ2) is 7.57. The zero-order chi connectivity index (χ0) is 16.9. The van der Waals surface area contributed by atoms with Gasteiger partial charge in [-0.05, 0) is 25.0 Å². The molecule has 2 aromatic rings. The van der Waals surface area contributed by atoms with Gasteiger partial charge in [0, 0.05) is 11.9 Å². The Labute approximate surface area is 140 Å². The molecule has 2 rings (SSSR count). The lowest BCUT2D eigenvalue weighted by Crippen LogP contribution is -2.44. The van der Waals surface area contributed by atoms with E-state index in [0.29, 0.717) is 17.9 Å². The number of nitrogens with one attached hydrogen (secondary N) is 1. The summed E-state index contributed by atoms with van der Waals surface area (Å²) in [6, 6.07) is 7.06. The molecule has 0 spiro atoms. The molecular formula is C17H22N2O3S. The van der Waals surface area contributed by atoms with Crippen LogP contribution in [0.15, 0.2) is 35.2 Å². The highest BCUT2D eigenvalue weighted by Gasteiger charge is 2.26. The van der Waals surface area contributed by atoms with Gasteiger partial charge >= 0.3 is 0 Å². The van der Waals surface area contributed by atoms with E-state index in [4.69, 9.17) is 4.74 Å². The van der Waals surface area contributed by atoms with Gasteiger partial charge in [0.15, 0.2) is 0 Å². The number of carbonyl (C=O) groups is 1. The predicted molar refractivity (Wildman–Crippen MR) is 90.7 cm³/mol. The van der Waals surface area contributed by atoms with Crippen molar-refractivity contribution < 1.29 is 14.6 Å². The zero-order valence-electron chi connectivity index (χ0n) is 13.6. The molecule has 1 aromatic heterocycles. The number of rotatable bonds is 7. The van der Waals surface area contributed by atoms with Gasteiger partial charge in [-0.2, -0.15) is 0 Å². The number of benzene rings is 1. The van der Waals surface area contributed by atoms with Crippen molar-refractivity contribution in [2.45, 2.75) is 33.0 Å². The zero-order valence-corrected chi connectivity index (χ0v) is 14.4. The second-order valence-electron chi connectivity index (χ2n) is 5.96. The summed E-state index contributed by atoms with van der Waals surface area (Å²) in [4.78, 5) is 16.5. The van der Waals surface area contributed by atoms with Crippen LogP contribution in [0.3, 0.4) is 0 Å². The van der Waals surface area contributed by atoms with E-state index in [9.17, 15) is 9.90 Å². The van der Waals surface area contributed by atoms with Crippen LogP contribution in [0, 0.1) is 5.92 Å². The van der Waals surface area contributed by atoms with Crippen LogP contribution in [0.2, 0.25) is 0 Å². The van der Waals surface area contributed by atoms with Crippen molar-refractivity contribution in [1.82, 2.24) is 10.3 Å². The predicted octanol–water partition coefficient (Wildman–Crippen LogP) is 2.86. The molecule has 0 aliphatic rings. The Morgan fingerprint density at radius 2 is 2.17 bits per heavy atom. The highest BCUT2D eigenvalue weighted by atomic mass is 32.1. The lowest BCUT2D eigenvalue weighted by molar-refractivity contribution is 0.0142. The molecule has 0 aliphatic carbocycles. The Morgan fingerprint density at radius 1 is 1.43 bits per heavy atom. The Bertz CT molecular complexity index is 639. The molecule has 1 unspecified atom stereocenters. The van der Waals surface area contributed by atoms with Crippen molar-refractivity contribution in [2.24, 2.45) is 5.92 Å². The van der Waals surface area contributed by atoms with E-state index in [2.05, 4.69) is 10.3 Å². The third kappa shape index (κ3) is 4.77. The van der Waals surface area contributed by atoms with Crippen LogP contribution >= 0.6 is 11.3 Å². The Balaban J connectivity index is 2.02. The van der Waals surface area contributed by atoms with Crippen molar-refractivity contribution in [2.75, 3.05) is 6.54 Å². The number of nitrogens with zero attached hydrogens (tertiary/aromatic N) is 1. The van der Waals surface area contributed by atoms with Crippen LogP contribution in [-0.2, 0) is 6.61 Å². The molecule has 2 N–H and O–H groups in total. The average Bonchev–Trinajstić information content (AvgIpc) is 3.04. The summed E-state index contributed by atoms with van der Waals surface area (Å²) in [7, 11) is 0. The number of aromatic nitrogens is 1. The topological polar surface area (TPSA) is 71.5 Å². The molecule has 1 aromatic carbocycles. The molecule has 0 saturated carbocycles. The van der Waals surface area contributed by atoms with E-state index in [1.807, 2.05) is 25.3 Å². The van der Waals surface area contributed by atoms with Gasteiger partial charge in [0.05, 0.1) is 22.4 Å². The minimum absolute atomic E-state index is 0.0407. The lowest BCUT2D eigenvalue weighted by atomic mass is 9.92. The SMILES string of the molecule is CC(C)C(C)(O)CNC(=O)c1ccccc1OCc1cscn1. The Kier molecular flexibility index (Phi) is 5.74. The van der Waals surface area contributed by atoms with Gasteiger partial charge < -0.3 is 15.2 Å². The van der Waals surface area contributed by atoms with Crippen LogP contribution in [0.25, 0.3) is 0 Å². The molecular weight excluding hydrogens is 312 g/mol. The number of amides is 1. The summed E-state index contributed by atoms with van der Waals surface area (Å²) in [6.45, 7) is 6.04. The van der Waals surface area contributed by atoms with Gasteiger partial charge in [-0.3, -0.25) is 4.79 Å². The van der Waals surface area contributed by atoms with E-state index < -0.39 is 5.60 Å². The second-order valence-corrected chi connectivity index (χ2v) is 6.68. The fraction of sp³-hybridized carbons (Fsp3) is 0.412. The Hall–Kier alpha value is -1.92. The van der Waals surface area contributed by atoms with Crippen LogP contribution in [0.5, 0.6) is 5.75 Å². The van der Waals surface area contributed by atoms with Gasteiger partial charge in [-0.15, -0.1) is 11.3 Å². The fourth-order valence-corrected chi connectivity index (χ4v) is 2.34. The van der Waals surface area contributed by atoms with Crippen molar-refractivity contribution in [1.29, 1.82) is 0 Å². The first-order valence-electron chi connectivity index (χ1n) is 7.49. The maximum absolute atomic E-state index is 12.4. The smallest absolute Gasteiger partial charge is 0.255 e.